The summed E-state index contributed by atoms with van der Waals surface area (Å²) in [5.74, 6) is -0.167. The first-order valence-corrected chi connectivity index (χ1v) is 11.4. The molecular formula is C23H26FN5O4. The molecular weight excluding hydrogens is 429 g/mol. The molecule has 33 heavy (non-hydrogen) atoms. The second-order valence-electron chi connectivity index (χ2n) is 9.39. The van der Waals surface area contributed by atoms with Gasteiger partial charge in [-0.1, -0.05) is 12.1 Å². The summed E-state index contributed by atoms with van der Waals surface area (Å²) in [5.41, 5.74) is 0.847. The second-order valence-corrected chi connectivity index (χ2v) is 9.39. The van der Waals surface area contributed by atoms with Crippen molar-refractivity contribution in [1.82, 2.24) is 5.16 Å². The van der Waals surface area contributed by atoms with E-state index in [1.165, 1.54) is 4.90 Å². The average Bonchev–Trinajstić information content (AvgIpc) is 3.36. The molecule has 4 atom stereocenters. The number of cyclic esters (lactones) is 1. The van der Waals surface area contributed by atoms with E-state index < -0.39 is 17.3 Å². The third kappa shape index (κ3) is 2.86. The number of rotatable bonds is 2. The van der Waals surface area contributed by atoms with E-state index in [1.807, 2.05) is 39.3 Å². The van der Waals surface area contributed by atoms with Crippen molar-refractivity contribution < 1.29 is 23.2 Å². The molecule has 0 radical (unpaired) electrons. The molecule has 4 aliphatic heterocycles. The highest BCUT2D eigenvalue weighted by atomic mass is 19.1. The Morgan fingerprint density at radius 3 is 2.82 bits per heavy atom. The van der Waals surface area contributed by atoms with Gasteiger partial charge in [0.1, 0.15) is 13.3 Å². The lowest BCUT2D eigenvalue weighted by Crippen LogP contribution is -2.65. The smallest absolute Gasteiger partial charge is 0.416 e. The molecule has 10 heteroatoms. The third-order valence-corrected chi connectivity index (χ3v) is 7.24. The van der Waals surface area contributed by atoms with Crippen LogP contribution >= 0.6 is 0 Å². The zero-order chi connectivity index (χ0) is 22.9. The van der Waals surface area contributed by atoms with Gasteiger partial charge in [0.05, 0.1) is 40.8 Å². The second kappa shape index (κ2) is 7.24. The first kappa shape index (κ1) is 20.6. The Morgan fingerprint density at radius 1 is 1.27 bits per heavy atom. The molecule has 0 bridgehead atoms. The van der Waals surface area contributed by atoms with E-state index in [1.54, 1.807) is 0 Å². The lowest BCUT2D eigenvalue weighted by Gasteiger charge is -2.54. The Bertz CT molecular complexity index is 1180. The van der Waals surface area contributed by atoms with Gasteiger partial charge in [-0.2, -0.15) is 0 Å². The van der Waals surface area contributed by atoms with Crippen LogP contribution in [0.25, 0.3) is 11.0 Å². The number of ether oxygens (including phenoxy) is 2. The molecule has 1 aromatic heterocycles. The minimum absolute atomic E-state index is 0.0470. The first-order chi connectivity index (χ1) is 15.9. The van der Waals surface area contributed by atoms with Gasteiger partial charge < -0.3 is 18.9 Å². The predicted octanol–water partition coefficient (Wildman–Crippen LogP) is 3.34. The fourth-order valence-electron chi connectivity index (χ4n) is 5.97. The van der Waals surface area contributed by atoms with Crippen LogP contribution in [0, 0.1) is 11.2 Å². The number of aliphatic imine (C=N–C) groups is 2. The molecule has 4 aliphatic rings. The van der Waals surface area contributed by atoms with Crippen molar-refractivity contribution in [2.45, 2.75) is 57.9 Å². The number of halogens is 1. The number of anilines is 2. The first-order valence-electron chi connectivity index (χ1n) is 11.4. The van der Waals surface area contributed by atoms with Crippen molar-refractivity contribution in [2.24, 2.45) is 15.4 Å². The Morgan fingerprint density at radius 2 is 2.06 bits per heavy atom. The molecule has 0 saturated carbocycles. The lowest BCUT2D eigenvalue weighted by molar-refractivity contribution is -0.0432. The topological polar surface area (TPSA) is 92.8 Å². The molecule has 9 nitrogen and oxygen atoms in total. The van der Waals surface area contributed by atoms with Gasteiger partial charge in [0.2, 0.25) is 5.58 Å². The van der Waals surface area contributed by atoms with Crippen molar-refractivity contribution in [2.75, 3.05) is 29.6 Å². The average molecular weight is 455 g/mol. The normalized spacial score (nSPS) is 30.1. The number of hydrogen-bond acceptors (Lipinski definition) is 8. The molecule has 5 heterocycles. The molecule has 0 N–H and O–H groups in total. The van der Waals surface area contributed by atoms with E-state index in [2.05, 4.69) is 20.0 Å². The highest BCUT2D eigenvalue weighted by Crippen LogP contribution is 2.48. The van der Waals surface area contributed by atoms with Crippen LogP contribution in [-0.4, -0.2) is 67.8 Å². The summed E-state index contributed by atoms with van der Waals surface area (Å²) in [5, 5.41) is 4.58. The fourth-order valence-corrected chi connectivity index (χ4v) is 5.97. The highest BCUT2D eigenvalue weighted by molar-refractivity contribution is 6.02. The highest BCUT2D eigenvalue weighted by Gasteiger charge is 2.52. The Hall–Kier alpha value is -3.01. The molecule has 174 valence electrons. The van der Waals surface area contributed by atoms with Crippen LogP contribution in [0.4, 0.5) is 20.7 Å². The van der Waals surface area contributed by atoms with E-state index in [-0.39, 0.29) is 36.5 Å². The minimum atomic E-state index is -0.513. The predicted molar refractivity (Wildman–Crippen MR) is 121 cm³/mol. The fraction of sp³-hybridized carbons (Fsp3) is 0.565. The van der Waals surface area contributed by atoms with Gasteiger partial charge in [-0.3, -0.25) is 14.9 Å². The summed E-state index contributed by atoms with van der Waals surface area (Å²) in [6, 6.07) is 1.58. The van der Waals surface area contributed by atoms with Gasteiger partial charge in [-0.25, -0.2) is 9.18 Å². The van der Waals surface area contributed by atoms with Gasteiger partial charge in [0, 0.05) is 19.0 Å². The molecule has 2 fully saturated rings. The summed E-state index contributed by atoms with van der Waals surface area (Å²) in [7, 11) is 0. The van der Waals surface area contributed by atoms with Gasteiger partial charge in [0.25, 0.3) is 0 Å². The number of carbonyl (C=O) groups excluding carboxylic acids is 1. The molecule has 2 aromatic rings. The number of hydrogen-bond donors (Lipinski definition) is 0. The third-order valence-electron chi connectivity index (χ3n) is 7.24. The summed E-state index contributed by atoms with van der Waals surface area (Å²) < 4.78 is 32.9. The van der Waals surface area contributed by atoms with Crippen molar-refractivity contribution in [3.05, 3.63) is 17.4 Å². The summed E-state index contributed by atoms with van der Waals surface area (Å²) in [6.07, 6.45) is 4.38. The molecule has 1 aromatic carbocycles. The van der Waals surface area contributed by atoms with Crippen molar-refractivity contribution in [3.8, 4) is 0 Å². The number of carbonyl (C=O) groups is 1. The van der Waals surface area contributed by atoms with Crippen molar-refractivity contribution in [3.63, 3.8) is 0 Å². The number of amides is 1. The number of fused-ring (bicyclic) bond motifs is 5. The van der Waals surface area contributed by atoms with Crippen molar-refractivity contribution in [1.29, 1.82) is 0 Å². The van der Waals surface area contributed by atoms with Gasteiger partial charge in [-0.15, -0.1) is 0 Å². The van der Waals surface area contributed by atoms with Crippen LogP contribution in [0.5, 0.6) is 0 Å². The van der Waals surface area contributed by atoms with Crippen LogP contribution < -0.4 is 9.80 Å². The van der Waals surface area contributed by atoms with E-state index in [0.29, 0.717) is 42.9 Å². The minimum Gasteiger partial charge on any atom is -0.447 e. The molecule has 6 rings (SSSR count). The quantitative estimate of drug-likeness (QED) is 0.690. The van der Waals surface area contributed by atoms with Crippen molar-refractivity contribution >= 4 is 41.0 Å². The Labute approximate surface area is 190 Å². The SMILES string of the molecule is CC[C@H]1COC(=O)N1c1noc2c(F)c3c(cc12)CC1(C=NCN=C1)[C@H]1[C@H](C)O[C@H](C)CN31. The van der Waals surface area contributed by atoms with E-state index >= 15 is 4.39 Å². The summed E-state index contributed by atoms with van der Waals surface area (Å²) in [4.78, 5) is 24.9. The molecule has 1 spiro atoms. The number of aromatic nitrogens is 1. The maximum absolute atomic E-state index is 16.1. The molecule has 1 amide bonds. The van der Waals surface area contributed by atoms with Crippen LogP contribution in [0.3, 0.4) is 0 Å². The number of morpholine rings is 1. The van der Waals surface area contributed by atoms with Crippen LogP contribution in [0.15, 0.2) is 20.6 Å². The molecule has 0 unspecified atom stereocenters. The van der Waals surface area contributed by atoms with Gasteiger partial charge in [0.15, 0.2) is 11.6 Å². The van der Waals surface area contributed by atoms with E-state index in [9.17, 15) is 4.79 Å². The Balaban J connectivity index is 1.55. The molecule has 0 aliphatic carbocycles. The largest absolute Gasteiger partial charge is 0.447 e. The number of benzene rings is 1. The summed E-state index contributed by atoms with van der Waals surface area (Å²) >= 11 is 0. The molecule has 2 saturated heterocycles. The maximum atomic E-state index is 16.1. The van der Waals surface area contributed by atoms with Crippen LogP contribution in [0.2, 0.25) is 0 Å². The monoisotopic (exact) mass is 455 g/mol. The van der Waals surface area contributed by atoms with Gasteiger partial charge in [-0.05, 0) is 38.3 Å². The maximum Gasteiger partial charge on any atom is 0.416 e. The van der Waals surface area contributed by atoms with Crippen LogP contribution in [0.1, 0.15) is 32.8 Å². The Kier molecular flexibility index (Phi) is 4.52. The van der Waals surface area contributed by atoms with Gasteiger partial charge >= 0.3 is 6.09 Å². The number of nitrogens with zero attached hydrogens (tertiary/aromatic N) is 5. The standard InChI is InChI=1S/C23H26FN5O4/c1-4-15-8-31-22(30)29(15)21-16-5-14-6-23(9-25-11-26-10-23)20-13(3)32-12(2)7-28(20)18(14)17(24)19(16)33-27-21/h5,9-10,12-13,15,20H,4,6-8,11H2,1-3H3/t12-,13+,15+,20-/m1/s1. The lowest BCUT2D eigenvalue weighted by atomic mass is 9.69. The zero-order valence-electron chi connectivity index (χ0n) is 18.8. The zero-order valence-corrected chi connectivity index (χ0v) is 18.8. The van der Waals surface area contributed by atoms with Crippen LogP contribution in [-0.2, 0) is 15.9 Å². The summed E-state index contributed by atoms with van der Waals surface area (Å²) in [6.45, 7) is 7.18. The van der Waals surface area contributed by atoms with E-state index in [4.69, 9.17) is 14.0 Å². The van der Waals surface area contributed by atoms with E-state index in [0.717, 1.165) is 5.56 Å².